The summed E-state index contributed by atoms with van der Waals surface area (Å²) in [6.45, 7) is 4.18. The highest BCUT2D eigenvalue weighted by atomic mass is 16.3. The van der Waals surface area contributed by atoms with Crippen LogP contribution in [-0.2, 0) is 4.79 Å². The van der Waals surface area contributed by atoms with Gasteiger partial charge in [-0.3, -0.25) is 4.79 Å². The Balaban J connectivity index is 3.67. The Kier molecular flexibility index (Phi) is 54.4. The molecule has 0 saturated carbocycles. The average molecular weight is 927 g/mol. The highest BCUT2D eigenvalue weighted by Gasteiger charge is 2.17. The molecule has 0 saturated heterocycles. The van der Waals surface area contributed by atoms with Crippen molar-refractivity contribution in [3.8, 4) is 0 Å². The van der Waals surface area contributed by atoms with E-state index >= 15 is 0 Å². The summed E-state index contributed by atoms with van der Waals surface area (Å²) >= 11 is 0. The molecule has 0 aliphatic carbocycles. The van der Waals surface area contributed by atoms with Crippen molar-refractivity contribution < 1.29 is 15.0 Å². The molecule has 382 valence electrons. The molecule has 2 unspecified atom stereocenters. The molecule has 1 amide bonds. The number of unbranched alkanes of at least 4 members (excludes halogenated alkanes) is 25. The summed E-state index contributed by atoms with van der Waals surface area (Å²) in [6, 6.07) is -0.664. The predicted molar refractivity (Wildman–Crippen MR) is 299 cm³/mol. The summed E-state index contributed by atoms with van der Waals surface area (Å²) in [5.74, 6) is -0.102. The topological polar surface area (TPSA) is 69.6 Å². The maximum Gasteiger partial charge on any atom is 0.220 e. The lowest BCUT2D eigenvalue weighted by molar-refractivity contribution is -0.123. The van der Waals surface area contributed by atoms with Gasteiger partial charge in [0.2, 0.25) is 5.91 Å². The molecule has 0 rings (SSSR count). The number of aliphatic hydroxyl groups excluding tert-OH is 2. The van der Waals surface area contributed by atoms with E-state index in [1.807, 2.05) is 6.08 Å². The minimum absolute atomic E-state index is 0.102. The quantitative estimate of drug-likeness (QED) is 0.0421. The van der Waals surface area contributed by atoms with Crippen molar-refractivity contribution in [1.29, 1.82) is 0 Å². The van der Waals surface area contributed by atoms with Gasteiger partial charge in [0.05, 0.1) is 18.8 Å². The third-order valence-electron chi connectivity index (χ3n) is 12.2. The minimum Gasteiger partial charge on any atom is -0.394 e. The van der Waals surface area contributed by atoms with Crippen molar-refractivity contribution >= 4 is 5.91 Å². The molecule has 0 radical (unpaired) electrons. The lowest BCUT2D eigenvalue weighted by Gasteiger charge is -2.19. The van der Waals surface area contributed by atoms with Crippen LogP contribution in [0, 0.1) is 0 Å². The number of hydrogen-bond acceptors (Lipinski definition) is 3. The fourth-order valence-corrected chi connectivity index (χ4v) is 7.92. The first-order valence-electron chi connectivity index (χ1n) is 28.2. The summed E-state index contributed by atoms with van der Waals surface area (Å²) in [6.07, 6.45) is 87.8. The van der Waals surface area contributed by atoms with E-state index in [0.29, 0.717) is 6.42 Å². The van der Waals surface area contributed by atoms with Crippen LogP contribution in [0.5, 0.6) is 0 Å². The van der Waals surface area contributed by atoms with Gasteiger partial charge in [0.25, 0.3) is 0 Å². The third kappa shape index (κ3) is 53.6. The number of carbonyl (C=O) groups is 1. The number of rotatable bonds is 50. The molecule has 3 N–H and O–H groups in total. The zero-order valence-electron chi connectivity index (χ0n) is 43.9. The van der Waals surface area contributed by atoms with Gasteiger partial charge in [-0.2, -0.15) is 0 Å². The van der Waals surface area contributed by atoms with Crippen molar-refractivity contribution in [2.24, 2.45) is 0 Å². The van der Waals surface area contributed by atoms with Gasteiger partial charge in [-0.25, -0.2) is 0 Å². The Hall–Kier alpha value is -3.21. The van der Waals surface area contributed by atoms with Crippen molar-refractivity contribution in [3.05, 3.63) is 122 Å². The normalized spacial score (nSPS) is 13.8. The Bertz CT molecular complexity index is 1330. The molecule has 4 heteroatoms. The second-order valence-electron chi connectivity index (χ2n) is 18.6. The summed E-state index contributed by atoms with van der Waals surface area (Å²) in [7, 11) is 0. The van der Waals surface area contributed by atoms with E-state index in [-0.39, 0.29) is 12.5 Å². The zero-order valence-corrected chi connectivity index (χ0v) is 43.9. The first-order valence-corrected chi connectivity index (χ1v) is 28.2. The molecule has 0 aromatic heterocycles. The van der Waals surface area contributed by atoms with Gasteiger partial charge < -0.3 is 15.5 Å². The van der Waals surface area contributed by atoms with E-state index in [4.69, 9.17) is 0 Å². The van der Waals surface area contributed by atoms with Gasteiger partial charge in [-0.15, -0.1) is 0 Å². The first-order chi connectivity index (χ1) is 33.2. The molecular weight excluding hydrogens is 819 g/mol. The van der Waals surface area contributed by atoms with E-state index in [9.17, 15) is 15.0 Å². The molecule has 4 nitrogen and oxygen atoms in total. The molecule has 0 heterocycles. The zero-order chi connectivity index (χ0) is 48.5. The summed E-state index contributed by atoms with van der Waals surface area (Å²) < 4.78 is 0. The molecule has 0 aliphatic heterocycles. The number of carbonyl (C=O) groups excluding carboxylic acids is 1. The smallest absolute Gasteiger partial charge is 0.220 e. The highest BCUT2D eigenvalue weighted by Crippen LogP contribution is 2.16. The molecule has 0 aliphatic rings. The van der Waals surface area contributed by atoms with Crippen LogP contribution in [0.2, 0.25) is 0 Å². The maximum atomic E-state index is 12.5. The minimum atomic E-state index is -0.884. The number of allylic oxidation sites excluding steroid dienone is 19. The number of amides is 1. The molecule has 0 bridgehead atoms. The van der Waals surface area contributed by atoms with Crippen LogP contribution < -0.4 is 5.32 Å². The Labute approximate surface area is 416 Å². The number of nitrogens with one attached hydrogen (secondary N) is 1. The maximum absolute atomic E-state index is 12.5. The van der Waals surface area contributed by atoms with E-state index in [0.717, 1.165) is 103 Å². The van der Waals surface area contributed by atoms with Crippen molar-refractivity contribution in [2.45, 2.75) is 264 Å². The predicted octanol–water partition coefficient (Wildman–Crippen LogP) is 18.9. The summed E-state index contributed by atoms with van der Waals surface area (Å²) in [5, 5.41) is 23.1. The van der Waals surface area contributed by atoms with Crippen LogP contribution in [0.15, 0.2) is 122 Å². The Morgan fingerprint density at radius 2 is 0.672 bits per heavy atom. The van der Waals surface area contributed by atoms with E-state index in [2.05, 4.69) is 129 Å². The van der Waals surface area contributed by atoms with Gasteiger partial charge in [0.15, 0.2) is 0 Å². The van der Waals surface area contributed by atoms with Gasteiger partial charge in [0, 0.05) is 6.42 Å². The fourth-order valence-electron chi connectivity index (χ4n) is 7.92. The van der Waals surface area contributed by atoms with Crippen molar-refractivity contribution in [3.63, 3.8) is 0 Å². The highest BCUT2D eigenvalue weighted by molar-refractivity contribution is 5.76. The van der Waals surface area contributed by atoms with Gasteiger partial charge in [-0.05, 0) is 96.3 Å². The van der Waals surface area contributed by atoms with Crippen LogP contribution in [0.4, 0.5) is 0 Å². The standard InChI is InChI=1S/C63H107NO3/c1-3-5-7-9-11-13-15-17-19-21-23-25-27-29-31-32-33-35-37-39-41-43-45-47-49-51-53-55-57-59-63(67)64-61(60-65)62(66)58-56-54-52-50-48-46-44-42-40-38-36-34-30-28-26-24-22-20-18-16-14-12-10-8-6-4-2/h5,7,11,13,17,19,23,25,29,31,33,35,39,41,45,47-48,50,56,58,61-62,65-66H,3-4,6,8-10,12,14-16,18,20-22,24,26-28,30,32,34,36-38,40,42-44,46,49,51-55,57,59-60H2,1-2H3,(H,64,67)/b7-5-,13-11-,19-17-,25-23-,31-29-,35-33-,41-39-,47-45-,50-48+,58-56+. The fraction of sp³-hybridized carbons (Fsp3) is 0.667. The molecule has 0 spiro atoms. The Morgan fingerprint density at radius 3 is 1.04 bits per heavy atom. The second-order valence-corrected chi connectivity index (χ2v) is 18.6. The summed E-state index contributed by atoms with van der Waals surface area (Å²) in [4.78, 5) is 12.5. The van der Waals surface area contributed by atoms with Crippen LogP contribution in [0.25, 0.3) is 0 Å². The summed E-state index contributed by atoms with van der Waals surface area (Å²) in [5.41, 5.74) is 0. The number of aliphatic hydroxyl groups is 2. The van der Waals surface area contributed by atoms with Crippen LogP contribution in [0.3, 0.4) is 0 Å². The van der Waals surface area contributed by atoms with Gasteiger partial charge in [-0.1, -0.05) is 270 Å². The first kappa shape index (κ1) is 63.8. The average Bonchev–Trinajstić information content (AvgIpc) is 3.33. The molecule has 0 aromatic rings. The van der Waals surface area contributed by atoms with E-state index in [1.165, 1.54) is 128 Å². The lowest BCUT2D eigenvalue weighted by Crippen LogP contribution is -2.45. The van der Waals surface area contributed by atoms with Crippen LogP contribution in [0.1, 0.15) is 251 Å². The van der Waals surface area contributed by atoms with E-state index in [1.54, 1.807) is 6.08 Å². The van der Waals surface area contributed by atoms with Crippen LogP contribution >= 0.6 is 0 Å². The van der Waals surface area contributed by atoms with Crippen LogP contribution in [-0.4, -0.2) is 34.9 Å². The van der Waals surface area contributed by atoms with Crippen molar-refractivity contribution in [2.75, 3.05) is 6.61 Å². The Morgan fingerprint density at radius 1 is 0.373 bits per heavy atom. The monoisotopic (exact) mass is 926 g/mol. The van der Waals surface area contributed by atoms with Gasteiger partial charge in [0.1, 0.15) is 0 Å². The molecular formula is C63H107NO3. The molecule has 0 fully saturated rings. The number of hydrogen-bond donors (Lipinski definition) is 3. The third-order valence-corrected chi connectivity index (χ3v) is 12.2. The lowest BCUT2D eigenvalue weighted by atomic mass is 10.0. The van der Waals surface area contributed by atoms with E-state index < -0.39 is 12.1 Å². The van der Waals surface area contributed by atoms with Crippen molar-refractivity contribution in [1.82, 2.24) is 5.32 Å². The second kappa shape index (κ2) is 57.1. The molecule has 0 aromatic carbocycles. The van der Waals surface area contributed by atoms with Gasteiger partial charge >= 0.3 is 0 Å². The molecule has 2 atom stereocenters. The SMILES string of the molecule is CC/C=C\C/C=C\C/C=C\C/C=C\C/C=C\C/C=C\C/C=C\C/C=C\CCCCCCC(=O)NC(CO)C(O)/C=C/CC/C=C/CCCCCCCCCCCCCCCCCCCCCC. The molecule has 67 heavy (non-hydrogen) atoms. The largest absolute Gasteiger partial charge is 0.394 e.